The summed E-state index contributed by atoms with van der Waals surface area (Å²) in [7, 11) is 0. The van der Waals surface area contributed by atoms with Gasteiger partial charge in [-0.25, -0.2) is 9.67 Å². The standard InChI is InChI=1S/C19H15N3/c1-14-6-2-5-9-19(14)22-13-16(12-20-22)18-11-10-15-7-3-4-8-17(15)21-18/h2-13H,1H3. The molecule has 0 fully saturated rings. The van der Waals surface area contributed by atoms with Crippen LogP contribution in [0.2, 0.25) is 0 Å². The van der Waals surface area contributed by atoms with Crippen molar-refractivity contribution in [3.63, 3.8) is 0 Å². The number of aryl methyl sites for hydroxylation is 1. The summed E-state index contributed by atoms with van der Waals surface area (Å²) in [6.45, 7) is 2.09. The minimum atomic E-state index is 0.943. The van der Waals surface area contributed by atoms with Gasteiger partial charge in [-0.15, -0.1) is 0 Å². The van der Waals surface area contributed by atoms with E-state index in [0.29, 0.717) is 0 Å². The SMILES string of the molecule is Cc1ccccc1-n1cc(-c2ccc3ccccc3n2)cn1. The van der Waals surface area contributed by atoms with Crippen LogP contribution in [-0.4, -0.2) is 14.8 Å². The van der Waals surface area contributed by atoms with Gasteiger partial charge >= 0.3 is 0 Å². The maximum atomic E-state index is 4.72. The molecular formula is C19H15N3. The molecule has 2 aromatic carbocycles. The van der Waals surface area contributed by atoms with E-state index in [4.69, 9.17) is 4.98 Å². The molecule has 0 saturated heterocycles. The smallest absolute Gasteiger partial charge is 0.0741 e. The molecule has 22 heavy (non-hydrogen) atoms. The lowest BCUT2D eigenvalue weighted by atomic mass is 10.1. The summed E-state index contributed by atoms with van der Waals surface area (Å²) in [5.41, 5.74) is 5.26. The van der Waals surface area contributed by atoms with Gasteiger partial charge in [-0.1, -0.05) is 42.5 Å². The topological polar surface area (TPSA) is 30.7 Å². The lowest BCUT2D eigenvalue weighted by molar-refractivity contribution is 0.873. The van der Waals surface area contributed by atoms with E-state index < -0.39 is 0 Å². The van der Waals surface area contributed by atoms with E-state index in [0.717, 1.165) is 27.8 Å². The van der Waals surface area contributed by atoms with E-state index in [9.17, 15) is 0 Å². The predicted octanol–water partition coefficient (Wildman–Crippen LogP) is 4.40. The molecule has 0 aliphatic rings. The number of benzene rings is 2. The van der Waals surface area contributed by atoms with E-state index in [1.54, 1.807) is 0 Å². The summed E-state index contributed by atoms with van der Waals surface area (Å²) < 4.78 is 1.90. The molecule has 0 radical (unpaired) electrons. The fourth-order valence-electron chi connectivity index (χ4n) is 2.63. The maximum Gasteiger partial charge on any atom is 0.0741 e. The Morgan fingerprint density at radius 3 is 2.59 bits per heavy atom. The lowest BCUT2D eigenvalue weighted by Gasteiger charge is -2.04. The Hall–Kier alpha value is -2.94. The Morgan fingerprint density at radius 1 is 0.864 bits per heavy atom. The number of nitrogens with zero attached hydrogens (tertiary/aromatic N) is 3. The summed E-state index contributed by atoms with van der Waals surface area (Å²) in [6.07, 6.45) is 3.89. The summed E-state index contributed by atoms with van der Waals surface area (Å²) in [5.74, 6) is 0. The van der Waals surface area contributed by atoms with E-state index in [1.807, 2.05) is 53.5 Å². The zero-order valence-corrected chi connectivity index (χ0v) is 12.3. The molecule has 4 rings (SSSR count). The van der Waals surface area contributed by atoms with Crippen molar-refractivity contribution in [2.75, 3.05) is 0 Å². The first-order chi connectivity index (χ1) is 10.8. The Balaban J connectivity index is 1.78. The third kappa shape index (κ3) is 2.17. The number of fused-ring (bicyclic) bond motifs is 1. The van der Waals surface area contributed by atoms with E-state index in [1.165, 1.54) is 5.56 Å². The average molecular weight is 285 g/mol. The summed E-state index contributed by atoms with van der Waals surface area (Å²) >= 11 is 0. The van der Waals surface area contributed by atoms with Crippen molar-refractivity contribution < 1.29 is 0 Å². The quantitative estimate of drug-likeness (QED) is 0.546. The Kier molecular flexibility index (Phi) is 2.97. The van der Waals surface area contributed by atoms with Gasteiger partial charge in [-0.05, 0) is 30.7 Å². The molecule has 106 valence electrons. The molecule has 0 unspecified atom stereocenters. The van der Waals surface area contributed by atoms with Crippen molar-refractivity contribution in [3.05, 3.63) is 78.6 Å². The van der Waals surface area contributed by atoms with Crippen molar-refractivity contribution in [1.29, 1.82) is 0 Å². The highest BCUT2D eigenvalue weighted by molar-refractivity contribution is 5.81. The van der Waals surface area contributed by atoms with Crippen LogP contribution in [-0.2, 0) is 0 Å². The molecular weight excluding hydrogens is 270 g/mol. The molecule has 0 spiro atoms. The van der Waals surface area contributed by atoms with Gasteiger partial charge in [0.2, 0.25) is 0 Å². The highest BCUT2D eigenvalue weighted by Crippen LogP contribution is 2.22. The second-order valence-electron chi connectivity index (χ2n) is 5.35. The monoisotopic (exact) mass is 285 g/mol. The number of rotatable bonds is 2. The van der Waals surface area contributed by atoms with E-state index in [2.05, 4.69) is 36.3 Å². The number of aromatic nitrogens is 3. The van der Waals surface area contributed by atoms with E-state index in [-0.39, 0.29) is 0 Å². The average Bonchev–Trinajstić information content (AvgIpc) is 3.04. The van der Waals surface area contributed by atoms with Crippen LogP contribution in [0.1, 0.15) is 5.56 Å². The molecule has 0 aliphatic heterocycles. The maximum absolute atomic E-state index is 4.72. The third-order valence-corrected chi connectivity index (χ3v) is 3.84. The normalized spacial score (nSPS) is 11.0. The summed E-state index contributed by atoms with van der Waals surface area (Å²) in [5, 5.41) is 5.63. The van der Waals surface area contributed by atoms with Crippen molar-refractivity contribution in [2.24, 2.45) is 0 Å². The van der Waals surface area contributed by atoms with Gasteiger partial charge < -0.3 is 0 Å². The number of para-hydroxylation sites is 2. The fraction of sp³-hybridized carbons (Fsp3) is 0.0526. The van der Waals surface area contributed by atoms with Crippen LogP contribution >= 0.6 is 0 Å². The Labute approximate surface area is 128 Å². The molecule has 2 heterocycles. The lowest BCUT2D eigenvalue weighted by Crippen LogP contribution is -1.96. The van der Waals surface area contributed by atoms with Crippen molar-refractivity contribution >= 4 is 10.9 Å². The first-order valence-electron chi connectivity index (χ1n) is 7.28. The zero-order valence-electron chi connectivity index (χ0n) is 12.3. The number of hydrogen-bond donors (Lipinski definition) is 0. The van der Waals surface area contributed by atoms with Gasteiger partial charge in [0.25, 0.3) is 0 Å². The molecule has 0 atom stereocenters. The second-order valence-corrected chi connectivity index (χ2v) is 5.35. The zero-order chi connectivity index (χ0) is 14.9. The van der Waals surface area contributed by atoms with Crippen molar-refractivity contribution in [1.82, 2.24) is 14.8 Å². The van der Waals surface area contributed by atoms with Crippen LogP contribution < -0.4 is 0 Å². The minimum absolute atomic E-state index is 0.943. The molecule has 0 bridgehead atoms. The molecule has 0 saturated carbocycles. The Morgan fingerprint density at radius 2 is 1.68 bits per heavy atom. The summed E-state index contributed by atoms with van der Waals surface area (Å²) in [4.78, 5) is 4.72. The van der Waals surface area contributed by atoms with Gasteiger partial charge in [-0.2, -0.15) is 5.10 Å². The minimum Gasteiger partial charge on any atom is -0.248 e. The van der Waals surface area contributed by atoms with Crippen molar-refractivity contribution in [2.45, 2.75) is 6.92 Å². The first kappa shape index (κ1) is 12.8. The Bertz CT molecular complexity index is 953. The number of pyridine rings is 1. The molecule has 0 N–H and O–H groups in total. The largest absolute Gasteiger partial charge is 0.248 e. The van der Waals surface area contributed by atoms with Gasteiger partial charge in [0.05, 0.1) is 23.1 Å². The molecule has 3 heteroatoms. The molecule has 0 amide bonds. The van der Waals surface area contributed by atoms with Gasteiger partial charge in [-0.3, -0.25) is 0 Å². The molecule has 3 nitrogen and oxygen atoms in total. The van der Waals surface area contributed by atoms with Crippen LogP contribution in [0, 0.1) is 6.92 Å². The van der Waals surface area contributed by atoms with Crippen LogP contribution in [0.25, 0.3) is 27.8 Å². The highest BCUT2D eigenvalue weighted by atomic mass is 15.3. The molecule has 2 aromatic heterocycles. The van der Waals surface area contributed by atoms with Gasteiger partial charge in [0.1, 0.15) is 0 Å². The van der Waals surface area contributed by atoms with Crippen LogP contribution in [0.4, 0.5) is 0 Å². The van der Waals surface area contributed by atoms with Crippen LogP contribution in [0.3, 0.4) is 0 Å². The second kappa shape index (κ2) is 5.11. The number of hydrogen-bond acceptors (Lipinski definition) is 2. The summed E-state index contributed by atoms with van der Waals surface area (Å²) in [6, 6.07) is 20.5. The fourth-order valence-corrected chi connectivity index (χ4v) is 2.63. The predicted molar refractivity (Wildman–Crippen MR) is 89.0 cm³/mol. The van der Waals surface area contributed by atoms with Gasteiger partial charge in [0.15, 0.2) is 0 Å². The molecule has 0 aliphatic carbocycles. The highest BCUT2D eigenvalue weighted by Gasteiger charge is 2.07. The van der Waals surface area contributed by atoms with Crippen molar-refractivity contribution in [3.8, 4) is 16.9 Å². The first-order valence-corrected chi connectivity index (χ1v) is 7.28. The van der Waals surface area contributed by atoms with Crippen LogP contribution in [0.5, 0.6) is 0 Å². The molecule has 4 aromatic rings. The van der Waals surface area contributed by atoms with Gasteiger partial charge in [0, 0.05) is 17.1 Å². The van der Waals surface area contributed by atoms with E-state index >= 15 is 0 Å². The third-order valence-electron chi connectivity index (χ3n) is 3.84. The van der Waals surface area contributed by atoms with Crippen LogP contribution in [0.15, 0.2) is 73.1 Å².